The van der Waals surface area contributed by atoms with Crippen LogP contribution in [0.3, 0.4) is 0 Å². The number of carbonyl (C=O) groups is 2. The lowest BCUT2D eigenvalue weighted by Crippen LogP contribution is -2.47. The Balaban J connectivity index is 2.12. The van der Waals surface area contributed by atoms with Crippen molar-refractivity contribution in [2.75, 3.05) is 13.2 Å². The molecule has 8 heteroatoms. The summed E-state index contributed by atoms with van der Waals surface area (Å²) in [6.07, 6.45) is 9.53. The Bertz CT molecular complexity index is 886. The molecule has 188 valence electrons. The SMILES string of the molecule is CCCCCCCCOc1ccc(C=C2SC(=S)N(C(C(=O)O)C(C)CC)C2=O)cc1OCC. The predicted octanol–water partition coefficient (Wildman–Crippen LogP) is 6.53. The first-order valence-electron chi connectivity index (χ1n) is 12.2. The molecule has 1 heterocycles. The van der Waals surface area contributed by atoms with Crippen LogP contribution in [0.1, 0.15) is 78.2 Å². The van der Waals surface area contributed by atoms with E-state index in [2.05, 4.69) is 6.92 Å². The number of unbranched alkanes of at least 4 members (excludes halogenated alkanes) is 5. The molecule has 1 fully saturated rings. The molecule has 0 bridgehead atoms. The summed E-state index contributed by atoms with van der Waals surface area (Å²) in [5.41, 5.74) is 0.770. The number of amides is 1. The lowest BCUT2D eigenvalue weighted by Gasteiger charge is -2.27. The van der Waals surface area contributed by atoms with Crippen molar-refractivity contribution in [1.82, 2.24) is 4.90 Å². The molecule has 34 heavy (non-hydrogen) atoms. The molecule has 1 aliphatic heterocycles. The maximum Gasteiger partial charge on any atom is 0.327 e. The summed E-state index contributed by atoms with van der Waals surface area (Å²) >= 11 is 6.51. The molecule has 2 rings (SSSR count). The van der Waals surface area contributed by atoms with Gasteiger partial charge in [0.25, 0.3) is 5.91 Å². The van der Waals surface area contributed by atoms with Gasteiger partial charge in [0, 0.05) is 0 Å². The number of nitrogens with zero attached hydrogens (tertiary/aromatic N) is 1. The summed E-state index contributed by atoms with van der Waals surface area (Å²) in [4.78, 5) is 26.6. The van der Waals surface area contributed by atoms with Crippen molar-refractivity contribution in [3.63, 3.8) is 0 Å². The highest BCUT2D eigenvalue weighted by atomic mass is 32.2. The fraction of sp³-hybridized carbons (Fsp3) is 0.577. The average molecular weight is 508 g/mol. The van der Waals surface area contributed by atoms with Crippen LogP contribution < -0.4 is 9.47 Å². The second-order valence-corrected chi connectivity index (χ2v) is 10.2. The molecule has 6 nitrogen and oxygen atoms in total. The van der Waals surface area contributed by atoms with E-state index < -0.39 is 12.0 Å². The number of benzene rings is 1. The first-order valence-corrected chi connectivity index (χ1v) is 13.5. The summed E-state index contributed by atoms with van der Waals surface area (Å²) in [5, 5.41) is 9.70. The van der Waals surface area contributed by atoms with E-state index in [-0.39, 0.29) is 16.1 Å². The van der Waals surface area contributed by atoms with Crippen molar-refractivity contribution in [3.8, 4) is 11.5 Å². The number of hydrogen-bond acceptors (Lipinski definition) is 6. The quantitative estimate of drug-likeness (QED) is 0.164. The van der Waals surface area contributed by atoms with Gasteiger partial charge in [0.2, 0.25) is 0 Å². The van der Waals surface area contributed by atoms with Crippen LogP contribution in [-0.2, 0) is 9.59 Å². The van der Waals surface area contributed by atoms with E-state index in [0.29, 0.717) is 36.0 Å². The van der Waals surface area contributed by atoms with E-state index in [1.54, 1.807) is 6.08 Å². The number of hydrogen-bond donors (Lipinski definition) is 1. The number of rotatable bonds is 15. The lowest BCUT2D eigenvalue weighted by atomic mass is 9.98. The van der Waals surface area contributed by atoms with Crippen molar-refractivity contribution >= 4 is 46.3 Å². The van der Waals surface area contributed by atoms with Gasteiger partial charge in [-0.15, -0.1) is 0 Å². The van der Waals surface area contributed by atoms with Crippen LogP contribution in [0.25, 0.3) is 6.08 Å². The molecule has 1 aliphatic rings. The van der Waals surface area contributed by atoms with Gasteiger partial charge in [-0.05, 0) is 43.0 Å². The fourth-order valence-electron chi connectivity index (χ4n) is 3.77. The minimum Gasteiger partial charge on any atom is -0.490 e. The van der Waals surface area contributed by atoms with Gasteiger partial charge in [-0.2, -0.15) is 0 Å². The topological polar surface area (TPSA) is 76.1 Å². The van der Waals surface area contributed by atoms with Crippen molar-refractivity contribution in [3.05, 3.63) is 28.7 Å². The third-order valence-corrected chi connectivity index (χ3v) is 7.19. The van der Waals surface area contributed by atoms with Crippen molar-refractivity contribution < 1.29 is 24.2 Å². The monoisotopic (exact) mass is 507 g/mol. The summed E-state index contributed by atoms with van der Waals surface area (Å²) in [7, 11) is 0. The molecular weight excluding hydrogens is 470 g/mol. The number of aliphatic carboxylic acids is 1. The zero-order valence-corrected chi connectivity index (χ0v) is 22.3. The van der Waals surface area contributed by atoms with Gasteiger partial charge in [0.05, 0.1) is 18.1 Å². The van der Waals surface area contributed by atoms with Crippen molar-refractivity contribution in [1.29, 1.82) is 0 Å². The molecule has 2 atom stereocenters. The van der Waals surface area contributed by atoms with Gasteiger partial charge in [-0.3, -0.25) is 9.69 Å². The Morgan fingerprint density at radius 1 is 1.12 bits per heavy atom. The molecule has 1 N–H and O–H groups in total. The predicted molar refractivity (Wildman–Crippen MR) is 142 cm³/mol. The van der Waals surface area contributed by atoms with Crippen molar-refractivity contribution in [2.45, 2.75) is 78.7 Å². The highest BCUT2D eigenvalue weighted by Crippen LogP contribution is 2.37. The molecule has 0 radical (unpaired) electrons. The number of carboxylic acid groups (broad SMARTS) is 1. The number of thioether (sulfide) groups is 1. The van der Waals surface area contributed by atoms with E-state index in [9.17, 15) is 14.7 Å². The molecule has 1 aromatic carbocycles. The van der Waals surface area contributed by atoms with Gasteiger partial charge >= 0.3 is 5.97 Å². The third-order valence-electron chi connectivity index (χ3n) is 5.86. The van der Waals surface area contributed by atoms with Gasteiger partial charge in [-0.1, -0.05) is 89.3 Å². The van der Waals surface area contributed by atoms with E-state index in [1.165, 1.54) is 30.6 Å². The minimum absolute atomic E-state index is 0.216. The van der Waals surface area contributed by atoms with E-state index in [1.807, 2.05) is 39.0 Å². The Labute approximate surface area is 213 Å². The first kappa shape index (κ1) is 28.2. The van der Waals surface area contributed by atoms with Gasteiger partial charge in [0.15, 0.2) is 11.5 Å². The summed E-state index contributed by atoms with van der Waals surface area (Å²) in [6.45, 7) is 8.97. The van der Waals surface area contributed by atoms with Crippen molar-refractivity contribution in [2.24, 2.45) is 5.92 Å². The van der Waals surface area contributed by atoms with Crippen LogP contribution in [0.5, 0.6) is 11.5 Å². The van der Waals surface area contributed by atoms with Crippen LogP contribution >= 0.6 is 24.0 Å². The molecule has 0 spiro atoms. The Kier molecular flexibility index (Phi) is 11.9. The highest BCUT2D eigenvalue weighted by molar-refractivity contribution is 8.26. The average Bonchev–Trinajstić information content (AvgIpc) is 3.07. The van der Waals surface area contributed by atoms with Crippen LogP contribution in [0, 0.1) is 5.92 Å². The van der Waals surface area contributed by atoms with E-state index in [0.717, 1.165) is 30.2 Å². The Hall–Kier alpha value is -2.06. The number of thiocarbonyl (C=S) groups is 1. The molecule has 0 saturated carbocycles. The maximum absolute atomic E-state index is 13.1. The molecule has 1 amide bonds. The molecule has 0 aromatic heterocycles. The molecule has 2 unspecified atom stereocenters. The molecular formula is C26H37NO5S2. The first-order chi connectivity index (χ1) is 16.3. The second-order valence-electron chi connectivity index (χ2n) is 8.48. The standard InChI is InChI=1S/C26H37NO5S2/c1-5-8-9-10-11-12-15-32-20-14-13-19(16-21(20)31-7-3)17-22-24(28)27(26(33)34-22)23(25(29)30)18(4)6-2/h13-14,16-18,23H,5-12,15H2,1-4H3,(H,29,30). The summed E-state index contributed by atoms with van der Waals surface area (Å²) in [6, 6.07) is 4.60. The smallest absolute Gasteiger partial charge is 0.327 e. The van der Waals surface area contributed by atoms with Crippen LogP contribution in [0.4, 0.5) is 0 Å². The zero-order valence-electron chi connectivity index (χ0n) is 20.7. The maximum atomic E-state index is 13.1. The molecule has 0 aliphatic carbocycles. The largest absolute Gasteiger partial charge is 0.490 e. The van der Waals surface area contributed by atoms with Gasteiger partial charge in [0.1, 0.15) is 10.4 Å². The minimum atomic E-state index is -1.04. The number of carboxylic acids is 1. The normalized spacial score (nSPS) is 16.7. The third kappa shape index (κ3) is 7.73. The molecule has 1 saturated heterocycles. The number of ether oxygens (including phenoxy) is 2. The van der Waals surface area contributed by atoms with Gasteiger partial charge in [-0.25, -0.2) is 4.79 Å². The summed E-state index contributed by atoms with van der Waals surface area (Å²) in [5.74, 6) is -0.322. The molecule has 1 aromatic rings. The van der Waals surface area contributed by atoms with Crippen LogP contribution in [0.2, 0.25) is 0 Å². The van der Waals surface area contributed by atoms with Gasteiger partial charge < -0.3 is 14.6 Å². The lowest BCUT2D eigenvalue weighted by molar-refractivity contribution is -0.147. The fourth-order valence-corrected chi connectivity index (χ4v) is 5.10. The van der Waals surface area contributed by atoms with Crippen LogP contribution in [0.15, 0.2) is 23.1 Å². The highest BCUT2D eigenvalue weighted by Gasteiger charge is 2.42. The Morgan fingerprint density at radius 2 is 1.82 bits per heavy atom. The second kappa shape index (κ2) is 14.4. The Morgan fingerprint density at radius 3 is 2.47 bits per heavy atom. The zero-order chi connectivity index (χ0) is 25.1. The van der Waals surface area contributed by atoms with E-state index in [4.69, 9.17) is 21.7 Å². The van der Waals surface area contributed by atoms with Crippen LogP contribution in [-0.4, -0.2) is 45.5 Å². The summed E-state index contributed by atoms with van der Waals surface area (Å²) < 4.78 is 12.0. The number of carbonyl (C=O) groups excluding carboxylic acids is 1. The van der Waals surface area contributed by atoms with E-state index >= 15 is 0 Å².